The van der Waals surface area contributed by atoms with Crippen LogP contribution in [0.15, 0.2) is 6.20 Å². The van der Waals surface area contributed by atoms with E-state index in [2.05, 4.69) is 15.6 Å². The van der Waals surface area contributed by atoms with E-state index < -0.39 is 9.84 Å². The molecule has 6 nitrogen and oxygen atoms in total. The maximum atomic E-state index is 11.3. The molecular formula is C9H18N4O2S. The second-order valence-corrected chi connectivity index (χ2v) is 5.96. The molecule has 0 aliphatic rings. The first kappa shape index (κ1) is 13.1. The lowest BCUT2D eigenvalue weighted by Gasteiger charge is -2.00. The van der Waals surface area contributed by atoms with Crippen molar-refractivity contribution in [3.63, 3.8) is 0 Å². The van der Waals surface area contributed by atoms with Crippen molar-refractivity contribution in [3.05, 3.63) is 11.9 Å². The van der Waals surface area contributed by atoms with Crippen LogP contribution in [0.25, 0.3) is 0 Å². The van der Waals surface area contributed by atoms with Crippen molar-refractivity contribution in [1.29, 1.82) is 0 Å². The highest BCUT2D eigenvalue weighted by atomic mass is 32.2. The minimum absolute atomic E-state index is 0.119. The van der Waals surface area contributed by atoms with Crippen molar-refractivity contribution >= 4 is 9.84 Å². The summed E-state index contributed by atoms with van der Waals surface area (Å²) in [7, 11) is -2.93. The van der Waals surface area contributed by atoms with Crippen molar-refractivity contribution in [3.8, 4) is 0 Å². The second kappa shape index (κ2) is 5.95. The van der Waals surface area contributed by atoms with Gasteiger partial charge in [-0.3, -0.25) is 4.68 Å². The summed E-state index contributed by atoms with van der Waals surface area (Å²) in [5.41, 5.74) is 0.829. The monoisotopic (exact) mass is 246 g/mol. The van der Waals surface area contributed by atoms with E-state index >= 15 is 0 Å². The van der Waals surface area contributed by atoms with Crippen LogP contribution in [-0.4, -0.2) is 41.5 Å². The van der Waals surface area contributed by atoms with Gasteiger partial charge in [0, 0.05) is 18.5 Å². The lowest BCUT2D eigenvalue weighted by molar-refractivity contribution is 0.576. The van der Waals surface area contributed by atoms with Gasteiger partial charge in [0.25, 0.3) is 0 Å². The minimum atomic E-state index is -2.93. The van der Waals surface area contributed by atoms with Crippen molar-refractivity contribution in [2.75, 3.05) is 18.1 Å². The largest absolute Gasteiger partial charge is 0.311 e. The summed E-state index contributed by atoms with van der Waals surface area (Å²) in [6.07, 6.45) is 1.77. The summed E-state index contributed by atoms with van der Waals surface area (Å²) in [5, 5.41) is 10.9. The SMILES string of the molecule is CCNCc1cn(CCS(=O)(=O)CC)nn1. The van der Waals surface area contributed by atoms with Crippen molar-refractivity contribution in [1.82, 2.24) is 20.3 Å². The predicted octanol–water partition coefficient (Wildman–Crippen LogP) is -0.178. The molecule has 0 bridgehead atoms. The maximum absolute atomic E-state index is 11.3. The lowest BCUT2D eigenvalue weighted by Crippen LogP contribution is -2.15. The summed E-state index contributed by atoms with van der Waals surface area (Å²) < 4.78 is 24.1. The molecule has 1 rings (SSSR count). The number of hydrogen-bond donors (Lipinski definition) is 1. The molecule has 1 heterocycles. The quantitative estimate of drug-likeness (QED) is 0.722. The molecule has 7 heteroatoms. The first-order valence-corrected chi connectivity index (χ1v) is 7.19. The summed E-state index contributed by atoms with van der Waals surface area (Å²) in [6, 6.07) is 0. The summed E-state index contributed by atoms with van der Waals surface area (Å²) in [5.74, 6) is 0.291. The highest BCUT2D eigenvalue weighted by Gasteiger charge is 2.08. The number of aryl methyl sites for hydroxylation is 1. The fraction of sp³-hybridized carbons (Fsp3) is 0.778. The molecule has 0 radical (unpaired) electrons. The van der Waals surface area contributed by atoms with Gasteiger partial charge >= 0.3 is 0 Å². The van der Waals surface area contributed by atoms with Gasteiger partial charge in [-0.1, -0.05) is 19.1 Å². The van der Waals surface area contributed by atoms with Crippen LogP contribution in [0.2, 0.25) is 0 Å². The van der Waals surface area contributed by atoms with E-state index in [1.807, 2.05) is 6.92 Å². The number of nitrogens with one attached hydrogen (secondary N) is 1. The van der Waals surface area contributed by atoms with Crippen molar-refractivity contribution < 1.29 is 8.42 Å². The highest BCUT2D eigenvalue weighted by molar-refractivity contribution is 7.91. The highest BCUT2D eigenvalue weighted by Crippen LogP contribution is 1.95. The number of sulfone groups is 1. The normalized spacial score (nSPS) is 11.9. The van der Waals surface area contributed by atoms with Crippen LogP contribution in [0.1, 0.15) is 19.5 Å². The van der Waals surface area contributed by atoms with E-state index in [9.17, 15) is 8.42 Å². The smallest absolute Gasteiger partial charge is 0.151 e. The Labute approximate surface area is 96.0 Å². The first-order chi connectivity index (χ1) is 7.57. The summed E-state index contributed by atoms with van der Waals surface area (Å²) in [6.45, 7) is 5.56. The van der Waals surface area contributed by atoms with Crippen molar-refractivity contribution in [2.45, 2.75) is 26.9 Å². The molecule has 0 amide bonds. The van der Waals surface area contributed by atoms with E-state index in [1.54, 1.807) is 17.8 Å². The third kappa shape index (κ3) is 4.28. The van der Waals surface area contributed by atoms with Gasteiger partial charge in [-0.2, -0.15) is 0 Å². The average Bonchev–Trinajstić information content (AvgIpc) is 2.72. The Bertz CT molecular complexity index is 413. The third-order valence-electron chi connectivity index (χ3n) is 2.21. The third-order valence-corrected chi connectivity index (χ3v) is 3.90. The van der Waals surface area contributed by atoms with Gasteiger partial charge in [0.05, 0.1) is 18.0 Å². The van der Waals surface area contributed by atoms with Crippen LogP contribution in [0.4, 0.5) is 0 Å². The molecule has 0 saturated heterocycles. The van der Waals surface area contributed by atoms with E-state index in [4.69, 9.17) is 0 Å². The molecule has 1 N–H and O–H groups in total. The topological polar surface area (TPSA) is 76.9 Å². The molecule has 92 valence electrons. The summed E-state index contributed by atoms with van der Waals surface area (Å²) >= 11 is 0. The molecule has 0 aromatic carbocycles. The Morgan fingerprint density at radius 1 is 1.44 bits per heavy atom. The van der Waals surface area contributed by atoms with Crippen LogP contribution in [0.3, 0.4) is 0 Å². The zero-order valence-corrected chi connectivity index (χ0v) is 10.5. The molecular weight excluding hydrogens is 228 g/mol. The number of nitrogens with zero attached hydrogens (tertiary/aromatic N) is 3. The van der Waals surface area contributed by atoms with Crippen LogP contribution >= 0.6 is 0 Å². The van der Waals surface area contributed by atoms with E-state index in [0.29, 0.717) is 13.1 Å². The lowest BCUT2D eigenvalue weighted by atomic mass is 10.4. The second-order valence-electron chi connectivity index (χ2n) is 3.49. The van der Waals surface area contributed by atoms with Gasteiger partial charge in [0.1, 0.15) is 0 Å². The molecule has 1 aromatic heterocycles. The Morgan fingerprint density at radius 2 is 2.19 bits per heavy atom. The minimum Gasteiger partial charge on any atom is -0.311 e. The molecule has 16 heavy (non-hydrogen) atoms. The van der Waals surface area contributed by atoms with Crippen LogP contribution in [0.5, 0.6) is 0 Å². The summed E-state index contributed by atoms with van der Waals surface area (Å²) in [4.78, 5) is 0. The number of rotatable bonds is 7. The van der Waals surface area contributed by atoms with E-state index in [1.165, 1.54) is 0 Å². The molecule has 0 aliphatic heterocycles. The zero-order valence-electron chi connectivity index (χ0n) is 9.68. The van der Waals surface area contributed by atoms with Gasteiger partial charge in [0.15, 0.2) is 9.84 Å². The fourth-order valence-corrected chi connectivity index (χ4v) is 1.91. The van der Waals surface area contributed by atoms with Gasteiger partial charge in [0.2, 0.25) is 0 Å². The molecule has 0 fully saturated rings. The van der Waals surface area contributed by atoms with Crippen LogP contribution < -0.4 is 5.32 Å². The Kier molecular flexibility index (Phi) is 4.88. The van der Waals surface area contributed by atoms with Gasteiger partial charge in [-0.05, 0) is 6.54 Å². The average molecular weight is 246 g/mol. The Morgan fingerprint density at radius 3 is 2.81 bits per heavy atom. The molecule has 0 aliphatic carbocycles. The van der Waals surface area contributed by atoms with Gasteiger partial charge in [-0.15, -0.1) is 5.10 Å². The Hall–Kier alpha value is -0.950. The molecule has 1 aromatic rings. The first-order valence-electron chi connectivity index (χ1n) is 5.37. The molecule has 0 unspecified atom stereocenters. The van der Waals surface area contributed by atoms with Gasteiger partial charge in [-0.25, -0.2) is 8.42 Å². The van der Waals surface area contributed by atoms with E-state index in [0.717, 1.165) is 12.2 Å². The Balaban J connectivity index is 2.46. The van der Waals surface area contributed by atoms with Crippen LogP contribution in [0, 0.1) is 0 Å². The zero-order chi connectivity index (χ0) is 12.0. The van der Waals surface area contributed by atoms with E-state index in [-0.39, 0.29) is 11.5 Å². The molecule has 0 atom stereocenters. The molecule has 0 spiro atoms. The standard InChI is InChI=1S/C9H18N4O2S/c1-3-10-7-9-8-13(12-11-9)5-6-16(14,15)4-2/h8,10H,3-7H2,1-2H3. The maximum Gasteiger partial charge on any atom is 0.151 e. The van der Waals surface area contributed by atoms with Gasteiger partial charge < -0.3 is 5.32 Å². The number of aromatic nitrogens is 3. The predicted molar refractivity (Wildman–Crippen MR) is 61.7 cm³/mol. The molecule has 0 saturated carbocycles. The fourth-order valence-electron chi connectivity index (χ4n) is 1.16. The number of hydrogen-bond acceptors (Lipinski definition) is 5. The van der Waals surface area contributed by atoms with Crippen LogP contribution in [-0.2, 0) is 22.9 Å². The van der Waals surface area contributed by atoms with Crippen molar-refractivity contribution in [2.24, 2.45) is 0 Å².